The Bertz CT molecular complexity index is 677. The zero-order valence-electron chi connectivity index (χ0n) is 18.8. The van der Waals surface area contributed by atoms with E-state index in [1.165, 1.54) is 37.1 Å². The first-order valence-electron chi connectivity index (χ1n) is 11.1. The van der Waals surface area contributed by atoms with Gasteiger partial charge in [-0.15, -0.1) is 24.0 Å². The van der Waals surface area contributed by atoms with Crippen LogP contribution in [0.15, 0.2) is 29.3 Å². The number of hydrogen-bond donors (Lipinski definition) is 1. The number of amides is 1. The fourth-order valence-corrected chi connectivity index (χ4v) is 4.05. The molecule has 2 aliphatic rings. The molecule has 1 amide bonds. The minimum Gasteiger partial charge on any atom is -0.357 e. The maximum atomic E-state index is 11.5. The Hall–Kier alpha value is -1.35. The van der Waals surface area contributed by atoms with Crippen LogP contribution in [0.25, 0.3) is 0 Å². The third kappa shape index (κ3) is 7.41. The van der Waals surface area contributed by atoms with Crippen molar-refractivity contribution in [2.24, 2.45) is 10.9 Å². The number of piperidine rings is 1. The Morgan fingerprint density at radius 2 is 1.57 bits per heavy atom. The van der Waals surface area contributed by atoms with Gasteiger partial charge in [0.2, 0.25) is 5.91 Å². The second-order valence-corrected chi connectivity index (χ2v) is 8.44. The Kier molecular flexibility index (Phi) is 10.4. The topological polar surface area (TPSA) is 51.2 Å². The lowest BCUT2D eigenvalue weighted by atomic mass is 9.99. The maximum absolute atomic E-state index is 11.5. The van der Waals surface area contributed by atoms with Crippen LogP contribution in [0.2, 0.25) is 0 Å². The summed E-state index contributed by atoms with van der Waals surface area (Å²) in [5.74, 6) is 1.98. The number of carbonyl (C=O) groups is 1. The number of benzene rings is 1. The Morgan fingerprint density at radius 1 is 1.00 bits per heavy atom. The van der Waals surface area contributed by atoms with Crippen LogP contribution < -0.4 is 5.32 Å². The van der Waals surface area contributed by atoms with Crippen molar-refractivity contribution in [3.05, 3.63) is 35.4 Å². The number of halogens is 1. The number of hydrogen-bond acceptors (Lipinski definition) is 3. The number of nitrogens with one attached hydrogen (secondary N) is 1. The summed E-state index contributed by atoms with van der Waals surface area (Å²) >= 11 is 0. The molecule has 0 spiro atoms. The molecule has 7 heteroatoms. The molecule has 0 radical (unpaired) electrons. The molecule has 0 atom stereocenters. The van der Waals surface area contributed by atoms with Crippen molar-refractivity contribution < 1.29 is 4.79 Å². The normalized spacial score (nSPS) is 18.8. The SMILES string of the molecule is CCNC(=NCc1ccc(CN2CCC(C)CC2)cc1)N1CCN(C(C)=O)CC1.I. The van der Waals surface area contributed by atoms with Gasteiger partial charge in [0, 0.05) is 46.2 Å². The van der Waals surface area contributed by atoms with Crippen LogP contribution in [0.1, 0.15) is 44.7 Å². The average molecular weight is 527 g/mol. The lowest BCUT2D eigenvalue weighted by Crippen LogP contribution is -2.53. The highest BCUT2D eigenvalue weighted by molar-refractivity contribution is 14.0. The highest BCUT2D eigenvalue weighted by Crippen LogP contribution is 2.18. The molecule has 1 N–H and O–H groups in total. The van der Waals surface area contributed by atoms with Crippen LogP contribution >= 0.6 is 24.0 Å². The molecule has 2 saturated heterocycles. The van der Waals surface area contributed by atoms with Crippen molar-refractivity contribution in [2.75, 3.05) is 45.8 Å². The van der Waals surface area contributed by atoms with E-state index in [1.807, 2.05) is 4.90 Å². The van der Waals surface area contributed by atoms with E-state index in [-0.39, 0.29) is 29.9 Å². The lowest BCUT2D eigenvalue weighted by Gasteiger charge is -2.36. The molecule has 2 heterocycles. The second kappa shape index (κ2) is 12.5. The molecular weight excluding hydrogens is 489 g/mol. The van der Waals surface area contributed by atoms with E-state index in [9.17, 15) is 4.79 Å². The molecule has 2 fully saturated rings. The third-order valence-corrected chi connectivity index (χ3v) is 6.08. The molecule has 2 aliphatic heterocycles. The highest BCUT2D eigenvalue weighted by atomic mass is 127. The van der Waals surface area contributed by atoms with E-state index in [1.54, 1.807) is 6.92 Å². The van der Waals surface area contributed by atoms with E-state index < -0.39 is 0 Å². The van der Waals surface area contributed by atoms with Crippen LogP contribution in [0.4, 0.5) is 0 Å². The summed E-state index contributed by atoms with van der Waals surface area (Å²) < 4.78 is 0. The smallest absolute Gasteiger partial charge is 0.219 e. The largest absolute Gasteiger partial charge is 0.357 e. The highest BCUT2D eigenvalue weighted by Gasteiger charge is 2.21. The number of carbonyl (C=O) groups excluding carboxylic acids is 1. The van der Waals surface area contributed by atoms with E-state index in [4.69, 9.17) is 4.99 Å². The molecule has 0 aliphatic carbocycles. The Labute approximate surface area is 199 Å². The molecule has 0 aromatic heterocycles. The number of likely N-dealkylation sites (tertiary alicyclic amines) is 1. The molecule has 0 unspecified atom stereocenters. The molecule has 168 valence electrons. The van der Waals surface area contributed by atoms with Gasteiger partial charge < -0.3 is 15.1 Å². The first-order valence-corrected chi connectivity index (χ1v) is 11.1. The van der Waals surface area contributed by atoms with Gasteiger partial charge in [-0.05, 0) is 49.9 Å². The van der Waals surface area contributed by atoms with Crippen LogP contribution in [0.3, 0.4) is 0 Å². The van der Waals surface area contributed by atoms with E-state index in [2.05, 4.69) is 53.2 Å². The quantitative estimate of drug-likeness (QED) is 0.363. The van der Waals surface area contributed by atoms with Gasteiger partial charge >= 0.3 is 0 Å². The second-order valence-electron chi connectivity index (χ2n) is 8.44. The van der Waals surface area contributed by atoms with Crippen LogP contribution in [0, 0.1) is 5.92 Å². The molecule has 1 aromatic carbocycles. The van der Waals surface area contributed by atoms with Gasteiger partial charge in [0.25, 0.3) is 0 Å². The average Bonchev–Trinajstić information content (AvgIpc) is 2.74. The Balaban J connectivity index is 0.00000320. The fourth-order valence-electron chi connectivity index (χ4n) is 4.05. The molecule has 0 saturated carbocycles. The summed E-state index contributed by atoms with van der Waals surface area (Å²) in [5, 5.41) is 3.40. The molecule has 30 heavy (non-hydrogen) atoms. The van der Waals surface area contributed by atoms with E-state index in [0.29, 0.717) is 6.54 Å². The third-order valence-electron chi connectivity index (χ3n) is 6.08. The fraction of sp³-hybridized carbons (Fsp3) is 0.652. The summed E-state index contributed by atoms with van der Waals surface area (Å²) in [5.41, 5.74) is 2.62. The van der Waals surface area contributed by atoms with Gasteiger partial charge in [-0.3, -0.25) is 9.69 Å². The van der Waals surface area contributed by atoms with Crippen molar-refractivity contribution in [3.8, 4) is 0 Å². The summed E-state index contributed by atoms with van der Waals surface area (Å²) in [7, 11) is 0. The van der Waals surface area contributed by atoms with Crippen molar-refractivity contribution in [3.63, 3.8) is 0 Å². The van der Waals surface area contributed by atoms with Gasteiger partial charge in [-0.25, -0.2) is 4.99 Å². The predicted octanol–water partition coefficient (Wildman–Crippen LogP) is 3.17. The van der Waals surface area contributed by atoms with Crippen LogP contribution in [-0.4, -0.2) is 72.4 Å². The summed E-state index contributed by atoms with van der Waals surface area (Å²) in [6.45, 7) is 14.3. The molecule has 1 aromatic rings. The van der Waals surface area contributed by atoms with Gasteiger partial charge in [0.05, 0.1) is 6.54 Å². The number of nitrogens with zero attached hydrogens (tertiary/aromatic N) is 4. The zero-order chi connectivity index (χ0) is 20.6. The van der Waals surface area contributed by atoms with Gasteiger partial charge in [0.1, 0.15) is 0 Å². The summed E-state index contributed by atoms with van der Waals surface area (Å²) in [6.07, 6.45) is 2.64. The van der Waals surface area contributed by atoms with Crippen LogP contribution in [-0.2, 0) is 17.9 Å². The molecule has 6 nitrogen and oxygen atoms in total. The van der Waals surface area contributed by atoms with Crippen molar-refractivity contribution in [1.29, 1.82) is 0 Å². The van der Waals surface area contributed by atoms with Gasteiger partial charge in [-0.1, -0.05) is 31.2 Å². The number of guanidine groups is 1. The van der Waals surface area contributed by atoms with Crippen molar-refractivity contribution in [2.45, 2.75) is 46.7 Å². The maximum Gasteiger partial charge on any atom is 0.219 e. The van der Waals surface area contributed by atoms with Gasteiger partial charge in [0.15, 0.2) is 5.96 Å². The summed E-state index contributed by atoms with van der Waals surface area (Å²) in [4.78, 5) is 23.1. The van der Waals surface area contributed by atoms with Crippen molar-refractivity contribution >= 4 is 35.8 Å². The lowest BCUT2D eigenvalue weighted by molar-refractivity contribution is -0.130. The minimum atomic E-state index is 0. The first kappa shape index (κ1) is 24.9. The Morgan fingerprint density at radius 3 is 2.13 bits per heavy atom. The van der Waals surface area contributed by atoms with Crippen LogP contribution in [0.5, 0.6) is 0 Å². The monoisotopic (exact) mass is 527 g/mol. The molecule has 3 rings (SSSR count). The first-order chi connectivity index (χ1) is 14.0. The zero-order valence-corrected chi connectivity index (χ0v) is 21.1. The predicted molar refractivity (Wildman–Crippen MR) is 134 cm³/mol. The number of aliphatic imine (C=N–C) groups is 1. The number of rotatable bonds is 5. The standard InChI is InChI=1S/C23H37N5O.HI/c1-4-24-23(28-15-13-27(14-16-28)20(3)29)25-17-21-5-7-22(8-6-21)18-26-11-9-19(2)10-12-26;/h5-8,19H,4,9-18H2,1-3H3,(H,24,25);1H. The molecule has 0 bridgehead atoms. The minimum absolute atomic E-state index is 0. The molecular formula is C23H38IN5O. The van der Waals surface area contributed by atoms with E-state index in [0.717, 1.165) is 51.1 Å². The van der Waals surface area contributed by atoms with E-state index >= 15 is 0 Å². The van der Waals surface area contributed by atoms with Crippen molar-refractivity contribution in [1.82, 2.24) is 20.0 Å². The van der Waals surface area contributed by atoms with Gasteiger partial charge in [-0.2, -0.15) is 0 Å². The number of piperazine rings is 1. The summed E-state index contributed by atoms with van der Waals surface area (Å²) in [6, 6.07) is 8.92.